The molecule has 3 rings (SSSR count). The first-order valence-electron chi connectivity index (χ1n) is 8.48. The van der Waals surface area contributed by atoms with Crippen molar-refractivity contribution in [2.45, 2.75) is 51.5 Å². The maximum absolute atomic E-state index is 12.5. The summed E-state index contributed by atoms with van der Waals surface area (Å²) in [6.45, 7) is 8.01. The van der Waals surface area contributed by atoms with E-state index in [9.17, 15) is 4.79 Å². The molecule has 1 aliphatic heterocycles. The van der Waals surface area contributed by atoms with Crippen molar-refractivity contribution < 1.29 is 4.79 Å². The van der Waals surface area contributed by atoms with Crippen molar-refractivity contribution in [3.8, 4) is 0 Å². The average molecular weight is 364 g/mol. The van der Waals surface area contributed by atoms with Gasteiger partial charge in [-0.2, -0.15) is 0 Å². The summed E-state index contributed by atoms with van der Waals surface area (Å²) in [6, 6.07) is 4.49. The van der Waals surface area contributed by atoms with Crippen LogP contribution in [0.25, 0.3) is 0 Å². The van der Waals surface area contributed by atoms with E-state index in [1.165, 1.54) is 4.88 Å². The molecule has 2 aromatic heterocycles. The van der Waals surface area contributed by atoms with E-state index in [1.807, 2.05) is 4.90 Å². The summed E-state index contributed by atoms with van der Waals surface area (Å²) < 4.78 is 0. The van der Waals surface area contributed by atoms with Gasteiger partial charge in [-0.3, -0.25) is 0 Å². The number of hydrogen-bond donors (Lipinski definition) is 1. The minimum absolute atomic E-state index is 0.0542. The lowest BCUT2D eigenvalue weighted by Crippen LogP contribution is -2.40. The highest BCUT2D eigenvalue weighted by atomic mass is 32.1. The molecule has 0 aliphatic carbocycles. The Labute approximate surface area is 151 Å². The van der Waals surface area contributed by atoms with E-state index in [1.54, 1.807) is 22.7 Å². The number of hydrogen-bond acceptors (Lipinski definition) is 4. The van der Waals surface area contributed by atoms with E-state index in [-0.39, 0.29) is 17.5 Å². The van der Waals surface area contributed by atoms with Gasteiger partial charge in [0, 0.05) is 35.2 Å². The molecule has 24 heavy (non-hydrogen) atoms. The summed E-state index contributed by atoms with van der Waals surface area (Å²) in [7, 11) is 0. The monoisotopic (exact) mass is 363 g/mol. The molecule has 6 heteroatoms. The molecule has 0 spiro atoms. The molecule has 1 unspecified atom stereocenters. The van der Waals surface area contributed by atoms with E-state index >= 15 is 0 Å². The normalized spacial score (nSPS) is 18.1. The third-order valence-corrected chi connectivity index (χ3v) is 6.20. The molecule has 2 aromatic rings. The highest BCUT2D eigenvalue weighted by Crippen LogP contribution is 2.34. The lowest BCUT2D eigenvalue weighted by Gasteiger charge is -2.24. The summed E-state index contributed by atoms with van der Waals surface area (Å²) in [4.78, 5) is 20.5. The summed E-state index contributed by atoms with van der Waals surface area (Å²) in [5.74, 6) is 0. The van der Waals surface area contributed by atoms with Gasteiger partial charge in [0.2, 0.25) is 0 Å². The van der Waals surface area contributed by atoms with Crippen LogP contribution >= 0.6 is 22.7 Å². The van der Waals surface area contributed by atoms with Gasteiger partial charge in [-0.25, -0.2) is 9.78 Å². The fraction of sp³-hybridized carbons (Fsp3) is 0.556. The van der Waals surface area contributed by atoms with Gasteiger partial charge in [-0.1, -0.05) is 26.8 Å². The Morgan fingerprint density at radius 3 is 2.92 bits per heavy atom. The predicted octanol–water partition coefficient (Wildman–Crippen LogP) is 4.59. The summed E-state index contributed by atoms with van der Waals surface area (Å²) in [6.07, 6.45) is 2.94. The van der Waals surface area contributed by atoms with Crippen LogP contribution in [0.3, 0.4) is 0 Å². The second kappa shape index (κ2) is 7.23. The van der Waals surface area contributed by atoms with Gasteiger partial charge < -0.3 is 10.2 Å². The summed E-state index contributed by atoms with van der Waals surface area (Å²) in [5.41, 5.74) is 1.22. The molecule has 1 N–H and O–H groups in total. The average Bonchev–Trinajstić information content (AvgIpc) is 3.26. The van der Waals surface area contributed by atoms with E-state index in [2.05, 4.69) is 54.0 Å². The maximum atomic E-state index is 12.5. The molecular formula is C18H25N3OS2. The minimum Gasteiger partial charge on any atom is -0.338 e. The molecule has 1 aliphatic rings. The van der Waals surface area contributed by atoms with Crippen molar-refractivity contribution in [2.75, 3.05) is 13.1 Å². The Balaban J connectivity index is 1.51. The fourth-order valence-corrected chi connectivity index (χ4v) is 4.83. The number of aromatic nitrogens is 1. The van der Waals surface area contributed by atoms with Gasteiger partial charge in [-0.15, -0.1) is 22.7 Å². The number of nitrogens with zero attached hydrogens (tertiary/aromatic N) is 2. The lowest BCUT2D eigenvalue weighted by molar-refractivity contribution is 0.194. The Morgan fingerprint density at radius 2 is 2.25 bits per heavy atom. The second-order valence-corrected chi connectivity index (χ2v) is 9.15. The highest BCUT2D eigenvalue weighted by Gasteiger charge is 2.30. The zero-order chi connectivity index (χ0) is 17.2. The van der Waals surface area contributed by atoms with Gasteiger partial charge >= 0.3 is 6.03 Å². The Morgan fingerprint density at radius 1 is 1.42 bits per heavy atom. The molecule has 1 saturated heterocycles. The van der Waals surface area contributed by atoms with Gasteiger partial charge in [0.25, 0.3) is 0 Å². The first-order chi connectivity index (χ1) is 11.4. The van der Waals surface area contributed by atoms with Crippen LogP contribution < -0.4 is 5.32 Å². The smallest absolute Gasteiger partial charge is 0.317 e. The van der Waals surface area contributed by atoms with Crippen LogP contribution in [-0.4, -0.2) is 29.0 Å². The Kier molecular flexibility index (Phi) is 5.25. The number of likely N-dealkylation sites (tertiary alicyclic amines) is 1. The molecule has 0 radical (unpaired) electrons. The molecule has 0 aromatic carbocycles. The second-order valence-electron chi connectivity index (χ2n) is 7.23. The number of thiophene rings is 1. The highest BCUT2D eigenvalue weighted by molar-refractivity contribution is 7.10. The van der Waals surface area contributed by atoms with Crippen LogP contribution in [-0.2, 0) is 11.8 Å². The fourth-order valence-electron chi connectivity index (χ4n) is 2.93. The molecule has 0 saturated carbocycles. The first-order valence-corrected chi connectivity index (χ1v) is 10.2. The largest absolute Gasteiger partial charge is 0.338 e. The summed E-state index contributed by atoms with van der Waals surface area (Å²) >= 11 is 3.42. The molecule has 4 nitrogen and oxygen atoms in total. The summed E-state index contributed by atoms with van der Waals surface area (Å²) in [5, 5.41) is 8.38. The van der Waals surface area contributed by atoms with Gasteiger partial charge in [0.1, 0.15) is 0 Å². The van der Waals surface area contributed by atoms with E-state index in [0.717, 1.165) is 36.5 Å². The quantitative estimate of drug-likeness (QED) is 0.863. The van der Waals surface area contributed by atoms with Crippen molar-refractivity contribution in [3.05, 3.63) is 38.5 Å². The molecule has 0 bridgehead atoms. The SMILES string of the molecule is CC(C)(C)c1csc(CCNC(=O)N2CCCC2c2cccs2)n1. The van der Waals surface area contributed by atoms with Crippen LogP contribution in [0, 0.1) is 0 Å². The number of thiazole rings is 1. The Bertz CT molecular complexity index is 673. The van der Waals surface area contributed by atoms with Crippen LogP contribution in [0.15, 0.2) is 22.9 Å². The zero-order valence-corrected chi connectivity index (χ0v) is 16.2. The number of amides is 2. The van der Waals surface area contributed by atoms with Crippen molar-refractivity contribution in [1.29, 1.82) is 0 Å². The van der Waals surface area contributed by atoms with Crippen molar-refractivity contribution in [2.24, 2.45) is 0 Å². The van der Waals surface area contributed by atoms with E-state index in [0.29, 0.717) is 6.54 Å². The topological polar surface area (TPSA) is 45.2 Å². The lowest BCUT2D eigenvalue weighted by atomic mass is 9.93. The number of nitrogens with one attached hydrogen (secondary N) is 1. The zero-order valence-electron chi connectivity index (χ0n) is 14.5. The molecule has 130 valence electrons. The number of carbonyl (C=O) groups is 1. The molecule has 1 fully saturated rings. The third kappa shape index (κ3) is 3.98. The molecule has 2 amide bonds. The van der Waals surface area contributed by atoms with Crippen molar-refractivity contribution in [3.63, 3.8) is 0 Å². The first kappa shape index (κ1) is 17.4. The van der Waals surface area contributed by atoms with Gasteiger partial charge in [-0.05, 0) is 24.3 Å². The van der Waals surface area contributed by atoms with Crippen LogP contribution in [0.2, 0.25) is 0 Å². The standard InChI is InChI=1S/C18H25N3OS2/c1-18(2,3)15-12-24-16(20-15)8-9-19-17(22)21-10-4-6-13(21)14-7-5-11-23-14/h5,7,11-13H,4,6,8-10H2,1-3H3,(H,19,22). The number of urea groups is 1. The third-order valence-electron chi connectivity index (χ3n) is 4.32. The van der Waals surface area contributed by atoms with Crippen molar-refractivity contribution in [1.82, 2.24) is 15.2 Å². The predicted molar refractivity (Wildman–Crippen MR) is 101 cm³/mol. The maximum Gasteiger partial charge on any atom is 0.317 e. The minimum atomic E-state index is 0.0542. The molecule has 1 atom stereocenters. The number of rotatable bonds is 4. The van der Waals surface area contributed by atoms with Crippen LogP contribution in [0.5, 0.6) is 0 Å². The Hall–Kier alpha value is -1.40. The van der Waals surface area contributed by atoms with Gasteiger partial charge in [0.05, 0.1) is 16.7 Å². The van der Waals surface area contributed by atoms with E-state index in [4.69, 9.17) is 0 Å². The number of carbonyl (C=O) groups excluding carboxylic acids is 1. The molecule has 3 heterocycles. The van der Waals surface area contributed by atoms with E-state index < -0.39 is 0 Å². The van der Waals surface area contributed by atoms with Crippen LogP contribution in [0.4, 0.5) is 4.79 Å². The van der Waals surface area contributed by atoms with Crippen molar-refractivity contribution >= 4 is 28.7 Å². The van der Waals surface area contributed by atoms with Gasteiger partial charge in [0.15, 0.2) is 0 Å². The molecular weight excluding hydrogens is 338 g/mol. The van der Waals surface area contributed by atoms with Crippen LogP contribution in [0.1, 0.15) is 55.2 Å².